The summed E-state index contributed by atoms with van der Waals surface area (Å²) in [5.41, 5.74) is 3.02. The number of rotatable bonds is 10. The number of methoxy groups -OCH3 is 4. The summed E-state index contributed by atoms with van der Waals surface area (Å²) in [6.45, 7) is 0. The van der Waals surface area contributed by atoms with Crippen molar-refractivity contribution in [3.05, 3.63) is 96.1 Å². The Morgan fingerprint density at radius 1 is 0.818 bits per heavy atom. The van der Waals surface area contributed by atoms with Gasteiger partial charge in [-0.15, -0.1) is 5.10 Å². The SMILES string of the molecule is COc1cc(CC(=O)Nc2nn3cccnc3c2-c2cccc(F)c2)cc(OC)c1.COc1cc(CC(=O)O)cc(OC)c1. The highest BCUT2D eigenvalue weighted by Crippen LogP contribution is 2.32. The topological polar surface area (TPSA) is 134 Å². The third-order valence-corrected chi connectivity index (χ3v) is 6.31. The van der Waals surface area contributed by atoms with Gasteiger partial charge in [-0.05, 0) is 59.2 Å². The van der Waals surface area contributed by atoms with Crippen LogP contribution in [0.1, 0.15) is 11.1 Å². The molecule has 2 heterocycles. The zero-order valence-corrected chi connectivity index (χ0v) is 24.5. The molecule has 0 aliphatic heterocycles. The van der Waals surface area contributed by atoms with Crippen LogP contribution in [0.25, 0.3) is 16.8 Å². The van der Waals surface area contributed by atoms with Gasteiger partial charge in [-0.2, -0.15) is 0 Å². The number of amides is 1. The Morgan fingerprint density at radius 2 is 1.39 bits per heavy atom. The van der Waals surface area contributed by atoms with E-state index in [2.05, 4.69) is 15.4 Å². The van der Waals surface area contributed by atoms with E-state index in [4.69, 9.17) is 24.1 Å². The molecule has 0 unspecified atom stereocenters. The van der Waals surface area contributed by atoms with Gasteiger partial charge in [0.15, 0.2) is 11.5 Å². The molecule has 0 atom stereocenters. The van der Waals surface area contributed by atoms with Crippen LogP contribution in [-0.2, 0) is 22.4 Å². The maximum Gasteiger partial charge on any atom is 0.307 e. The van der Waals surface area contributed by atoms with Crippen LogP contribution in [-0.4, -0.2) is 60.0 Å². The molecule has 0 bridgehead atoms. The van der Waals surface area contributed by atoms with Gasteiger partial charge in [-0.25, -0.2) is 13.9 Å². The molecule has 5 rings (SSSR count). The monoisotopic (exact) mass is 602 g/mol. The summed E-state index contributed by atoms with van der Waals surface area (Å²) in [5.74, 6) is 1.14. The van der Waals surface area contributed by atoms with Crippen LogP contribution < -0.4 is 24.3 Å². The van der Waals surface area contributed by atoms with Crippen molar-refractivity contribution >= 4 is 23.3 Å². The first-order chi connectivity index (χ1) is 21.2. The van der Waals surface area contributed by atoms with Gasteiger partial charge in [-0.3, -0.25) is 9.59 Å². The van der Waals surface area contributed by atoms with Crippen molar-refractivity contribution in [3.8, 4) is 34.1 Å². The lowest BCUT2D eigenvalue weighted by atomic mass is 10.1. The fourth-order valence-corrected chi connectivity index (χ4v) is 4.36. The van der Waals surface area contributed by atoms with Gasteiger partial charge in [-0.1, -0.05) is 12.1 Å². The molecule has 1 amide bonds. The number of anilines is 1. The number of carboxylic acids is 1. The fraction of sp³-hybridized carbons (Fsp3) is 0.188. The summed E-state index contributed by atoms with van der Waals surface area (Å²) >= 11 is 0. The van der Waals surface area contributed by atoms with Crippen molar-refractivity contribution in [1.29, 1.82) is 0 Å². The number of carboxylic acid groups (broad SMARTS) is 1. The Labute approximate surface area is 252 Å². The molecule has 2 N–H and O–H groups in total. The molecular weight excluding hydrogens is 571 g/mol. The third kappa shape index (κ3) is 8.00. The van der Waals surface area contributed by atoms with E-state index in [9.17, 15) is 14.0 Å². The lowest BCUT2D eigenvalue weighted by Gasteiger charge is -2.09. The second kappa shape index (κ2) is 14.5. The van der Waals surface area contributed by atoms with Gasteiger partial charge < -0.3 is 29.4 Å². The first-order valence-electron chi connectivity index (χ1n) is 13.3. The number of hydrogen-bond acceptors (Lipinski definition) is 8. The third-order valence-electron chi connectivity index (χ3n) is 6.31. The predicted molar refractivity (Wildman–Crippen MR) is 161 cm³/mol. The van der Waals surface area contributed by atoms with Crippen molar-refractivity contribution in [2.45, 2.75) is 12.8 Å². The molecule has 0 saturated carbocycles. The predicted octanol–water partition coefficient (Wildman–Crippen LogP) is 5.06. The molecule has 11 nitrogen and oxygen atoms in total. The zero-order valence-electron chi connectivity index (χ0n) is 24.5. The van der Waals surface area contributed by atoms with Gasteiger partial charge >= 0.3 is 5.97 Å². The minimum absolute atomic E-state index is 0.0342. The number of hydrogen-bond donors (Lipinski definition) is 2. The van der Waals surface area contributed by atoms with Gasteiger partial charge in [0, 0.05) is 24.5 Å². The molecule has 44 heavy (non-hydrogen) atoms. The molecule has 12 heteroatoms. The largest absolute Gasteiger partial charge is 0.497 e. The number of halogens is 1. The summed E-state index contributed by atoms with van der Waals surface area (Å²) in [7, 11) is 6.15. The minimum atomic E-state index is -0.875. The quantitative estimate of drug-likeness (QED) is 0.225. The van der Waals surface area contributed by atoms with Crippen molar-refractivity contribution in [1.82, 2.24) is 14.6 Å². The van der Waals surface area contributed by atoms with Gasteiger partial charge in [0.05, 0.1) is 46.8 Å². The molecule has 0 aliphatic carbocycles. The van der Waals surface area contributed by atoms with Gasteiger partial charge in [0.2, 0.25) is 5.91 Å². The first kappa shape index (κ1) is 31.3. The van der Waals surface area contributed by atoms with E-state index in [1.807, 2.05) is 0 Å². The summed E-state index contributed by atoms with van der Waals surface area (Å²) in [6, 6.07) is 18.1. The molecule has 0 spiro atoms. The fourth-order valence-electron chi connectivity index (χ4n) is 4.36. The van der Waals surface area contributed by atoms with Gasteiger partial charge in [0.25, 0.3) is 0 Å². The lowest BCUT2D eigenvalue weighted by Crippen LogP contribution is -2.15. The van der Waals surface area contributed by atoms with Crippen molar-refractivity contribution < 1.29 is 38.0 Å². The highest BCUT2D eigenvalue weighted by Gasteiger charge is 2.19. The van der Waals surface area contributed by atoms with Crippen molar-refractivity contribution in [2.24, 2.45) is 0 Å². The second-order valence-electron chi connectivity index (χ2n) is 9.36. The van der Waals surface area contributed by atoms with Crippen LogP contribution in [0.15, 0.2) is 79.1 Å². The number of benzene rings is 3. The summed E-state index contributed by atoms with van der Waals surface area (Å²) in [6.07, 6.45) is 3.38. The smallest absolute Gasteiger partial charge is 0.307 e. The standard InChI is InChI=1S/C22H19FN4O3.C10H12O4/c1-29-17-9-14(10-18(13-17)30-2)11-19(28)25-21-20(15-5-3-6-16(23)12-15)22-24-7-4-8-27(22)26-21;1-13-8-3-7(5-10(11)12)4-9(6-8)14-2/h3-10,12-13H,11H2,1-2H3,(H,25,26,28);3-4,6H,5H2,1-2H3,(H,11,12). The molecule has 0 saturated heterocycles. The van der Waals surface area contributed by atoms with E-state index < -0.39 is 5.97 Å². The van der Waals surface area contributed by atoms with E-state index in [1.54, 1.807) is 85.7 Å². The lowest BCUT2D eigenvalue weighted by molar-refractivity contribution is -0.136. The number of nitrogens with one attached hydrogen (secondary N) is 1. The van der Waals surface area contributed by atoms with Crippen LogP contribution in [0.3, 0.4) is 0 Å². The normalized spacial score (nSPS) is 10.4. The Bertz CT molecular complexity index is 1730. The number of aromatic nitrogens is 3. The van der Waals surface area contributed by atoms with E-state index in [-0.39, 0.29) is 24.6 Å². The highest BCUT2D eigenvalue weighted by molar-refractivity contribution is 5.98. The number of ether oxygens (including phenoxy) is 4. The summed E-state index contributed by atoms with van der Waals surface area (Å²) in [5, 5.41) is 15.9. The van der Waals surface area contributed by atoms with Crippen LogP contribution >= 0.6 is 0 Å². The van der Waals surface area contributed by atoms with E-state index >= 15 is 0 Å². The average molecular weight is 603 g/mol. The number of nitrogens with zero attached hydrogens (tertiary/aromatic N) is 3. The zero-order chi connectivity index (χ0) is 31.6. The average Bonchev–Trinajstić information content (AvgIpc) is 3.38. The molecule has 0 radical (unpaired) electrons. The number of carbonyl (C=O) groups is 2. The maximum atomic E-state index is 13.8. The first-order valence-corrected chi connectivity index (χ1v) is 13.3. The molecule has 3 aromatic carbocycles. The Kier molecular flexibility index (Phi) is 10.3. The van der Waals surface area contributed by atoms with E-state index in [0.717, 1.165) is 5.56 Å². The molecule has 5 aromatic rings. The molecule has 228 valence electrons. The molecule has 0 fully saturated rings. The Balaban J connectivity index is 0.000000265. The van der Waals surface area contributed by atoms with Crippen molar-refractivity contribution in [2.75, 3.05) is 33.8 Å². The van der Waals surface area contributed by atoms with Crippen molar-refractivity contribution in [3.63, 3.8) is 0 Å². The Morgan fingerprint density at radius 3 is 1.91 bits per heavy atom. The minimum Gasteiger partial charge on any atom is -0.497 e. The van der Waals surface area contributed by atoms with Crippen LogP contribution in [0.2, 0.25) is 0 Å². The number of carbonyl (C=O) groups excluding carboxylic acids is 1. The Hall–Kier alpha value is -5.65. The molecular formula is C32H31FN4O7. The maximum absolute atomic E-state index is 13.8. The number of fused-ring (bicyclic) bond motifs is 1. The molecule has 2 aromatic heterocycles. The summed E-state index contributed by atoms with van der Waals surface area (Å²) in [4.78, 5) is 27.6. The molecule has 0 aliphatic rings. The van der Waals surface area contributed by atoms with Gasteiger partial charge in [0.1, 0.15) is 28.8 Å². The second-order valence-corrected chi connectivity index (χ2v) is 9.36. The van der Waals surface area contributed by atoms with Crippen LogP contribution in [0.4, 0.5) is 10.2 Å². The highest BCUT2D eigenvalue weighted by atomic mass is 19.1. The van der Waals surface area contributed by atoms with E-state index in [0.29, 0.717) is 51.2 Å². The van der Waals surface area contributed by atoms with Crippen LogP contribution in [0.5, 0.6) is 23.0 Å². The number of aliphatic carboxylic acids is 1. The summed E-state index contributed by atoms with van der Waals surface area (Å²) < 4.78 is 35.9. The van der Waals surface area contributed by atoms with Crippen LogP contribution in [0, 0.1) is 5.82 Å². The van der Waals surface area contributed by atoms with E-state index in [1.165, 1.54) is 26.4 Å².